The third kappa shape index (κ3) is 7.19. The van der Waals surface area contributed by atoms with Crippen LogP contribution in [0.15, 0.2) is 72.8 Å². The van der Waals surface area contributed by atoms with Gasteiger partial charge in [-0.05, 0) is 54.8 Å². The van der Waals surface area contributed by atoms with Gasteiger partial charge in [-0.2, -0.15) is 5.10 Å². The van der Waals surface area contributed by atoms with Gasteiger partial charge in [0.05, 0.1) is 31.9 Å². The Balaban J connectivity index is 1.08. The number of carbonyl (C=O) groups is 1. The molecule has 1 fully saturated rings. The molecule has 0 saturated carbocycles. The number of fused-ring (bicyclic) bond motifs is 1. The van der Waals surface area contributed by atoms with Gasteiger partial charge in [-0.1, -0.05) is 42.5 Å². The van der Waals surface area contributed by atoms with Crippen molar-refractivity contribution in [2.24, 2.45) is 0 Å². The van der Waals surface area contributed by atoms with Crippen LogP contribution in [0, 0.1) is 0 Å². The zero-order valence-corrected chi connectivity index (χ0v) is 21.5. The molecule has 0 aliphatic carbocycles. The SMILES string of the molecule is O=C(Nc1n[nH]c2cc(OCCOCc3ccccc3)ccc12)c1ccc(CCCN2CCOCC2)cc1. The van der Waals surface area contributed by atoms with E-state index in [0.29, 0.717) is 37.0 Å². The quantitative estimate of drug-likeness (QED) is 0.267. The third-order valence-electron chi connectivity index (χ3n) is 6.63. The number of carbonyl (C=O) groups excluding carboxylic acids is 1. The van der Waals surface area contributed by atoms with Crippen molar-refractivity contribution in [3.63, 3.8) is 0 Å². The van der Waals surface area contributed by atoms with Crippen LogP contribution in [-0.2, 0) is 22.5 Å². The molecule has 0 unspecified atom stereocenters. The fourth-order valence-corrected chi connectivity index (χ4v) is 4.50. The van der Waals surface area contributed by atoms with Crippen molar-refractivity contribution >= 4 is 22.6 Å². The largest absolute Gasteiger partial charge is 0.491 e. The van der Waals surface area contributed by atoms with Gasteiger partial charge in [0.2, 0.25) is 0 Å². The first-order valence-electron chi connectivity index (χ1n) is 13.2. The zero-order chi connectivity index (χ0) is 26.0. The molecule has 4 aromatic rings. The van der Waals surface area contributed by atoms with Gasteiger partial charge in [-0.15, -0.1) is 0 Å². The standard InChI is InChI=1S/C30H34N4O4/c35-30(25-10-8-23(9-11-25)7-4-14-34-15-17-36-18-16-34)31-29-27-13-12-26(21-28(27)32-33-29)38-20-19-37-22-24-5-2-1-3-6-24/h1-3,5-6,8-13,21H,4,7,14-20,22H2,(H2,31,32,33,35). The number of amides is 1. The Hall–Kier alpha value is -3.72. The van der Waals surface area contributed by atoms with Gasteiger partial charge in [-0.3, -0.25) is 14.8 Å². The molecule has 0 spiro atoms. The highest BCUT2D eigenvalue weighted by atomic mass is 16.5. The summed E-state index contributed by atoms with van der Waals surface area (Å²) in [5.41, 5.74) is 3.77. The predicted molar refractivity (Wildman–Crippen MR) is 148 cm³/mol. The average Bonchev–Trinajstić information content (AvgIpc) is 3.36. The Bertz CT molecular complexity index is 1300. The molecule has 1 aliphatic rings. The summed E-state index contributed by atoms with van der Waals surface area (Å²) in [5.74, 6) is 1.03. The number of anilines is 1. The first kappa shape index (κ1) is 25.9. The smallest absolute Gasteiger partial charge is 0.256 e. The number of ether oxygens (including phenoxy) is 3. The van der Waals surface area contributed by atoms with Gasteiger partial charge in [0.15, 0.2) is 5.82 Å². The lowest BCUT2D eigenvalue weighted by molar-refractivity contribution is 0.0374. The Morgan fingerprint density at radius 3 is 2.61 bits per heavy atom. The van der Waals surface area contributed by atoms with Gasteiger partial charge in [0.25, 0.3) is 5.91 Å². The molecule has 8 nitrogen and oxygen atoms in total. The Kier molecular flexibility index (Phi) is 8.99. The van der Waals surface area contributed by atoms with Crippen molar-refractivity contribution in [3.05, 3.63) is 89.5 Å². The Morgan fingerprint density at radius 1 is 0.974 bits per heavy atom. The van der Waals surface area contributed by atoms with E-state index in [2.05, 4.69) is 20.4 Å². The summed E-state index contributed by atoms with van der Waals surface area (Å²) in [7, 11) is 0. The number of benzene rings is 3. The fraction of sp³-hybridized carbons (Fsp3) is 0.333. The monoisotopic (exact) mass is 514 g/mol. The molecule has 1 aromatic heterocycles. The number of nitrogens with one attached hydrogen (secondary N) is 2. The summed E-state index contributed by atoms with van der Waals surface area (Å²) < 4.78 is 16.9. The highest BCUT2D eigenvalue weighted by Crippen LogP contribution is 2.25. The van der Waals surface area contributed by atoms with Crippen LogP contribution >= 0.6 is 0 Å². The molecule has 0 atom stereocenters. The first-order valence-corrected chi connectivity index (χ1v) is 13.2. The molecular formula is C30H34N4O4. The third-order valence-corrected chi connectivity index (χ3v) is 6.63. The maximum Gasteiger partial charge on any atom is 0.256 e. The minimum absolute atomic E-state index is 0.186. The summed E-state index contributed by atoms with van der Waals surface area (Å²) in [4.78, 5) is 15.3. The van der Waals surface area contributed by atoms with Crippen molar-refractivity contribution in [1.29, 1.82) is 0 Å². The van der Waals surface area contributed by atoms with Crippen LogP contribution < -0.4 is 10.1 Å². The van der Waals surface area contributed by atoms with Crippen LogP contribution in [0.4, 0.5) is 5.82 Å². The second-order valence-corrected chi connectivity index (χ2v) is 9.37. The molecular weight excluding hydrogens is 480 g/mol. The van der Waals surface area contributed by atoms with Crippen LogP contribution in [0.25, 0.3) is 10.9 Å². The predicted octanol–water partition coefficient (Wildman–Crippen LogP) is 4.68. The minimum Gasteiger partial charge on any atom is -0.491 e. The zero-order valence-electron chi connectivity index (χ0n) is 21.5. The second kappa shape index (κ2) is 13.2. The van der Waals surface area contributed by atoms with E-state index in [9.17, 15) is 4.79 Å². The summed E-state index contributed by atoms with van der Waals surface area (Å²) in [6, 6.07) is 23.5. The number of H-pyrrole nitrogens is 1. The van der Waals surface area contributed by atoms with Crippen molar-refractivity contribution < 1.29 is 19.0 Å². The molecule has 198 valence electrons. The van der Waals surface area contributed by atoms with E-state index in [1.165, 1.54) is 5.56 Å². The highest BCUT2D eigenvalue weighted by Gasteiger charge is 2.13. The van der Waals surface area contributed by atoms with E-state index in [1.807, 2.05) is 72.8 Å². The maximum absolute atomic E-state index is 12.8. The molecule has 38 heavy (non-hydrogen) atoms. The number of aryl methyl sites for hydroxylation is 1. The molecule has 1 amide bonds. The van der Waals surface area contributed by atoms with Crippen molar-refractivity contribution in [1.82, 2.24) is 15.1 Å². The van der Waals surface area contributed by atoms with E-state index in [0.717, 1.165) is 62.2 Å². The van der Waals surface area contributed by atoms with E-state index < -0.39 is 0 Å². The molecule has 8 heteroatoms. The lowest BCUT2D eigenvalue weighted by atomic mass is 10.1. The van der Waals surface area contributed by atoms with Crippen LogP contribution in [0.5, 0.6) is 5.75 Å². The molecule has 1 aliphatic heterocycles. The molecule has 5 rings (SSSR count). The van der Waals surface area contributed by atoms with E-state index >= 15 is 0 Å². The molecule has 2 heterocycles. The van der Waals surface area contributed by atoms with Gasteiger partial charge in [0.1, 0.15) is 12.4 Å². The molecule has 0 radical (unpaired) electrons. The Morgan fingerprint density at radius 2 is 1.79 bits per heavy atom. The van der Waals surface area contributed by atoms with Crippen molar-refractivity contribution in [2.75, 3.05) is 51.4 Å². The van der Waals surface area contributed by atoms with Crippen molar-refractivity contribution in [2.45, 2.75) is 19.4 Å². The fourth-order valence-electron chi connectivity index (χ4n) is 4.50. The Labute approximate surface area is 222 Å². The van der Waals surface area contributed by atoms with Gasteiger partial charge >= 0.3 is 0 Å². The number of aromatic nitrogens is 2. The summed E-state index contributed by atoms with van der Waals surface area (Å²) >= 11 is 0. The summed E-state index contributed by atoms with van der Waals surface area (Å²) in [6.45, 7) is 6.25. The summed E-state index contributed by atoms with van der Waals surface area (Å²) in [6.07, 6.45) is 2.09. The van der Waals surface area contributed by atoms with Gasteiger partial charge in [-0.25, -0.2) is 0 Å². The number of nitrogens with zero attached hydrogens (tertiary/aromatic N) is 2. The molecule has 1 saturated heterocycles. The lowest BCUT2D eigenvalue weighted by Crippen LogP contribution is -2.36. The van der Waals surface area contributed by atoms with Gasteiger partial charge in [0, 0.05) is 30.1 Å². The summed E-state index contributed by atoms with van der Waals surface area (Å²) in [5, 5.41) is 11.0. The molecule has 3 aromatic carbocycles. The average molecular weight is 515 g/mol. The van der Waals surface area contributed by atoms with Crippen LogP contribution in [0.1, 0.15) is 27.9 Å². The lowest BCUT2D eigenvalue weighted by Gasteiger charge is -2.26. The molecule has 0 bridgehead atoms. The number of morpholine rings is 1. The highest BCUT2D eigenvalue weighted by molar-refractivity contribution is 6.07. The number of hydrogen-bond donors (Lipinski definition) is 2. The molecule has 2 N–H and O–H groups in total. The normalized spacial score (nSPS) is 14.0. The maximum atomic E-state index is 12.8. The van der Waals surface area contributed by atoms with E-state index in [4.69, 9.17) is 14.2 Å². The van der Waals surface area contributed by atoms with Crippen LogP contribution in [0.3, 0.4) is 0 Å². The van der Waals surface area contributed by atoms with Crippen LogP contribution in [0.2, 0.25) is 0 Å². The first-order chi connectivity index (χ1) is 18.7. The number of rotatable bonds is 12. The second-order valence-electron chi connectivity index (χ2n) is 9.37. The van der Waals surface area contributed by atoms with Crippen molar-refractivity contribution in [3.8, 4) is 5.75 Å². The van der Waals surface area contributed by atoms with Crippen LogP contribution in [-0.4, -0.2) is 67.1 Å². The topological polar surface area (TPSA) is 88.7 Å². The van der Waals surface area contributed by atoms with E-state index in [1.54, 1.807) is 0 Å². The minimum atomic E-state index is -0.186. The van der Waals surface area contributed by atoms with Gasteiger partial charge < -0.3 is 19.5 Å². The van der Waals surface area contributed by atoms with E-state index in [-0.39, 0.29) is 5.91 Å². The number of aromatic amines is 1. The number of hydrogen-bond acceptors (Lipinski definition) is 6.